The van der Waals surface area contributed by atoms with E-state index in [0.717, 1.165) is 5.56 Å². The van der Waals surface area contributed by atoms with Crippen LogP contribution in [0, 0.1) is 5.92 Å². The van der Waals surface area contributed by atoms with E-state index in [-0.39, 0.29) is 42.0 Å². The van der Waals surface area contributed by atoms with Gasteiger partial charge in [0.05, 0.1) is 5.92 Å². The molecule has 0 N–H and O–H groups in total. The molecule has 2 rings (SSSR count). The van der Waals surface area contributed by atoms with Gasteiger partial charge in [0.2, 0.25) is 11.2 Å². The summed E-state index contributed by atoms with van der Waals surface area (Å²) in [4.78, 5) is 23.3. The number of hydrogen-bond acceptors (Lipinski definition) is 5. The van der Waals surface area contributed by atoms with Crippen molar-refractivity contribution in [3.8, 4) is 5.75 Å². The number of esters is 1. The Morgan fingerprint density at radius 3 is 2.55 bits per heavy atom. The van der Waals surface area contributed by atoms with Crippen LogP contribution in [0.3, 0.4) is 0 Å². The van der Waals surface area contributed by atoms with Crippen molar-refractivity contribution in [1.29, 1.82) is 0 Å². The smallest absolute Gasteiger partial charge is 0.308 e. The van der Waals surface area contributed by atoms with Crippen molar-refractivity contribution in [2.45, 2.75) is 27.1 Å². The van der Waals surface area contributed by atoms with Crippen molar-refractivity contribution in [1.82, 2.24) is 0 Å². The molecule has 0 bridgehead atoms. The summed E-state index contributed by atoms with van der Waals surface area (Å²) >= 11 is 0. The van der Waals surface area contributed by atoms with Gasteiger partial charge in [-0.15, -0.1) is 0 Å². The first-order valence-electron chi connectivity index (χ1n) is 7.01. The third kappa shape index (κ3) is 4.48. The molecule has 0 spiro atoms. The molecule has 0 unspecified atom stereocenters. The van der Waals surface area contributed by atoms with E-state index in [1.165, 1.54) is 12.3 Å². The van der Waals surface area contributed by atoms with Crippen LogP contribution in [0.15, 0.2) is 51.9 Å². The van der Waals surface area contributed by atoms with E-state index in [1.54, 1.807) is 13.8 Å². The van der Waals surface area contributed by atoms with Gasteiger partial charge in [-0.25, -0.2) is 0 Å². The molecule has 1 aromatic heterocycles. The molecule has 0 atom stereocenters. The van der Waals surface area contributed by atoms with Gasteiger partial charge in [-0.3, -0.25) is 9.59 Å². The van der Waals surface area contributed by atoms with Crippen LogP contribution in [0.5, 0.6) is 5.75 Å². The number of rotatable bonds is 6. The summed E-state index contributed by atoms with van der Waals surface area (Å²) in [7, 11) is 0. The second-order valence-electron chi connectivity index (χ2n) is 5.11. The van der Waals surface area contributed by atoms with Crippen LogP contribution < -0.4 is 10.2 Å². The fourth-order valence-electron chi connectivity index (χ4n) is 1.66. The summed E-state index contributed by atoms with van der Waals surface area (Å²) in [5.41, 5.74) is 0.648. The maximum absolute atomic E-state index is 11.9. The first-order valence-corrected chi connectivity index (χ1v) is 7.01. The lowest BCUT2D eigenvalue weighted by atomic mass is 10.2. The molecule has 22 heavy (non-hydrogen) atoms. The third-order valence-corrected chi connectivity index (χ3v) is 2.92. The lowest BCUT2D eigenvalue weighted by Crippen LogP contribution is -2.13. The molecule has 2 aromatic rings. The van der Waals surface area contributed by atoms with Crippen LogP contribution in [-0.4, -0.2) is 5.97 Å². The van der Waals surface area contributed by atoms with Crippen molar-refractivity contribution in [3.63, 3.8) is 0 Å². The van der Waals surface area contributed by atoms with Gasteiger partial charge < -0.3 is 13.9 Å². The minimum absolute atomic E-state index is 0.0643. The fourth-order valence-corrected chi connectivity index (χ4v) is 1.66. The van der Waals surface area contributed by atoms with Crippen LogP contribution in [-0.2, 0) is 22.7 Å². The Kier molecular flexibility index (Phi) is 5.36. The maximum atomic E-state index is 11.9. The largest absolute Gasteiger partial charge is 0.482 e. The van der Waals surface area contributed by atoms with Gasteiger partial charge >= 0.3 is 5.97 Å². The molecule has 1 heterocycles. The summed E-state index contributed by atoms with van der Waals surface area (Å²) in [6.45, 7) is 3.69. The zero-order valence-electron chi connectivity index (χ0n) is 12.6. The molecule has 1 aromatic carbocycles. The van der Waals surface area contributed by atoms with Crippen LogP contribution in [0.1, 0.15) is 25.2 Å². The Hall–Kier alpha value is -2.56. The van der Waals surface area contributed by atoms with Crippen molar-refractivity contribution < 1.29 is 18.7 Å². The highest BCUT2D eigenvalue weighted by Gasteiger charge is 2.11. The Bertz CT molecular complexity index is 673. The highest BCUT2D eigenvalue weighted by molar-refractivity contribution is 5.71. The van der Waals surface area contributed by atoms with E-state index in [4.69, 9.17) is 13.9 Å². The Morgan fingerprint density at radius 1 is 1.18 bits per heavy atom. The van der Waals surface area contributed by atoms with E-state index in [0.29, 0.717) is 0 Å². The zero-order chi connectivity index (χ0) is 15.9. The van der Waals surface area contributed by atoms with Crippen molar-refractivity contribution in [2.24, 2.45) is 5.92 Å². The van der Waals surface area contributed by atoms with E-state index in [1.807, 2.05) is 30.3 Å². The second-order valence-corrected chi connectivity index (χ2v) is 5.11. The summed E-state index contributed by atoms with van der Waals surface area (Å²) in [6, 6.07) is 10.8. The molecular weight excluding hydrogens is 284 g/mol. The molecule has 5 heteroatoms. The SMILES string of the molecule is CC(C)C(=O)OCc1cc(=O)c(OCc2ccccc2)co1. The normalized spacial score (nSPS) is 10.5. The summed E-state index contributed by atoms with van der Waals surface area (Å²) < 4.78 is 15.7. The van der Waals surface area contributed by atoms with Crippen LogP contribution in [0.4, 0.5) is 0 Å². The van der Waals surface area contributed by atoms with Gasteiger partial charge in [-0.05, 0) is 5.56 Å². The average molecular weight is 302 g/mol. The van der Waals surface area contributed by atoms with Gasteiger partial charge in [0, 0.05) is 6.07 Å². The summed E-state index contributed by atoms with van der Waals surface area (Å²) in [5.74, 6) is -0.152. The molecule has 0 aliphatic carbocycles. The quantitative estimate of drug-likeness (QED) is 0.768. The Morgan fingerprint density at radius 2 is 1.91 bits per heavy atom. The van der Waals surface area contributed by atoms with Crippen molar-refractivity contribution >= 4 is 5.97 Å². The number of carbonyl (C=O) groups is 1. The van der Waals surface area contributed by atoms with Gasteiger partial charge in [-0.1, -0.05) is 44.2 Å². The molecule has 116 valence electrons. The maximum Gasteiger partial charge on any atom is 0.308 e. The topological polar surface area (TPSA) is 65.7 Å². The summed E-state index contributed by atoms with van der Waals surface area (Å²) in [5, 5.41) is 0. The average Bonchev–Trinajstić information content (AvgIpc) is 2.52. The highest BCUT2D eigenvalue weighted by Crippen LogP contribution is 2.10. The van der Waals surface area contributed by atoms with Gasteiger partial charge in [0.15, 0.2) is 0 Å². The standard InChI is InChI=1S/C17H18O5/c1-12(2)17(19)22-10-14-8-15(18)16(11-20-14)21-9-13-6-4-3-5-7-13/h3-8,11-12H,9-10H2,1-2H3. The first-order chi connectivity index (χ1) is 10.6. The number of benzene rings is 1. The van der Waals surface area contributed by atoms with Crippen LogP contribution in [0.2, 0.25) is 0 Å². The Labute approximate surface area is 128 Å². The highest BCUT2D eigenvalue weighted by atomic mass is 16.5. The molecule has 0 radical (unpaired) electrons. The van der Waals surface area contributed by atoms with Crippen LogP contribution in [0.25, 0.3) is 0 Å². The van der Waals surface area contributed by atoms with Gasteiger partial charge in [-0.2, -0.15) is 0 Å². The second kappa shape index (κ2) is 7.45. The van der Waals surface area contributed by atoms with E-state index < -0.39 is 0 Å². The molecule has 0 saturated carbocycles. The number of ether oxygens (including phenoxy) is 2. The third-order valence-electron chi connectivity index (χ3n) is 2.92. The molecule has 0 aliphatic rings. The molecular formula is C17H18O5. The number of carbonyl (C=O) groups excluding carboxylic acids is 1. The monoisotopic (exact) mass is 302 g/mol. The lowest BCUT2D eigenvalue weighted by molar-refractivity contribution is -0.149. The van der Waals surface area contributed by atoms with Crippen molar-refractivity contribution in [2.75, 3.05) is 0 Å². The van der Waals surface area contributed by atoms with E-state index >= 15 is 0 Å². The van der Waals surface area contributed by atoms with Gasteiger partial charge in [0.1, 0.15) is 25.2 Å². The molecule has 0 fully saturated rings. The lowest BCUT2D eigenvalue weighted by Gasteiger charge is -2.08. The fraction of sp³-hybridized carbons (Fsp3) is 0.294. The van der Waals surface area contributed by atoms with Crippen molar-refractivity contribution in [3.05, 3.63) is 64.2 Å². The van der Waals surface area contributed by atoms with Gasteiger partial charge in [0.25, 0.3) is 0 Å². The first kappa shape index (κ1) is 15.8. The zero-order valence-corrected chi connectivity index (χ0v) is 12.6. The van der Waals surface area contributed by atoms with Crippen LogP contribution >= 0.6 is 0 Å². The molecule has 0 saturated heterocycles. The molecule has 5 nitrogen and oxygen atoms in total. The number of hydrogen-bond donors (Lipinski definition) is 0. The minimum Gasteiger partial charge on any atom is -0.482 e. The minimum atomic E-state index is -0.341. The van der Waals surface area contributed by atoms with E-state index in [2.05, 4.69) is 0 Å². The predicted molar refractivity (Wildman–Crippen MR) is 80.4 cm³/mol. The predicted octanol–water partition coefficient (Wildman–Crippen LogP) is 2.92. The Balaban J connectivity index is 1.95. The summed E-state index contributed by atoms with van der Waals surface area (Å²) in [6.07, 6.45) is 1.24. The molecule has 0 aliphatic heterocycles. The molecule has 0 amide bonds. The van der Waals surface area contributed by atoms with E-state index in [9.17, 15) is 9.59 Å².